The first-order chi connectivity index (χ1) is 3.72. The van der Waals surface area contributed by atoms with Crippen LogP contribution < -0.4 is 0 Å². The molecule has 0 N–H and O–H groups in total. The molecule has 4 heteroatoms. The summed E-state index contributed by atoms with van der Waals surface area (Å²) in [5.41, 5.74) is 0. The van der Waals surface area contributed by atoms with Crippen LogP contribution in [0, 0.1) is 10.8 Å². The summed E-state index contributed by atoms with van der Waals surface area (Å²) in [5, 5.41) is 3.72. The van der Waals surface area contributed by atoms with E-state index in [0.717, 1.165) is 9.70 Å². The van der Waals surface area contributed by atoms with Crippen molar-refractivity contribution in [1.29, 1.82) is 0 Å². The van der Waals surface area contributed by atoms with Gasteiger partial charge in [0, 0.05) is 0 Å². The first-order valence-corrected chi connectivity index (χ1v) is 3.68. The van der Waals surface area contributed by atoms with E-state index in [1.165, 1.54) is 19.4 Å². The van der Waals surface area contributed by atoms with Gasteiger partial charge in [0.1, 0.15) is 0 Å². The molecule has 0 atom stereocenters. The minimum absolute atomic E-state index is 0.919. The average Bonchev–Trinajstić information content (AvgIpc) is 1.98. The first-order valence-electron chi connectivity index (χ1n) is 2.21. The van der Waals surface area contributed by atoms with Gasteiger partial charge < -0.3 is 0 Å². The van der Waals surface area contributed by atoms with Crippen LogP contribution in [0.2, 0.25) is 0 Å². The Balaban J connectivity index is 3.41. The Labute approximate surface area is 57.7 Å². The number of hydrogen-bond acceptors (Lipinski definition) is 2. The van der Waals surface area contributed by atoms with Crippen LogP contribution in [-0.2, 0) is 26.4 Å². The predicted octanol–water partition coefficient (Wildman–Crippen LogP) is 0.400. The molecule has 0 bridgehead atoms. The van der Waals surface area contributed by atoms with Crippen molar-refractivity contribution in [1.82, 2.24) is 9.72 Å². The molecule has 0 unspecified atom stereocenters. The Bertz CT molecular complexity index is 236. The molecule has 0 saturated carbocycles. The Kier molecular flexibility index (Phi) is 1.47. The van der Waals surface area contributed by atoms with Crippen LogP contribution in [0.25, 0.3) is 0 Å². The van der Waals surface area contributed by atoms with E-state index in [2.05, 4.69) is 5.16 Å². The molecular formula is C4H6N2OW. The second-order valence-electron chi connectivity index (χ2n) is 1.55. The summed E-state index contributed by atoms with van der Waals surface area (Å²) in [5.74, 6) is 0.926. The van der Waals surface area contributed by atoms with Crippen LogP contribution in [0.1, 0.15) is 5.82 Å². The first kappa shape index (κ1) is 5.96. The van der Waals surface area contributed by atoms with E-state index < -0.39 is 0 Å². The van der Waals surface area contributed by atoms with Crippen LogP contribution in [0.4, 0.5) is 0 Å². The summed E-state index contributed by atoms with van der Waals surface area (Å²) in [6, 6.07) is 0. The molecule has 1 heterocycles. The van der Waals surface area contributed by atoms with Gasteiger partial charge in [-0.3, -0.25) is 0 Å². The van der Waals surface area contributed by atoms with E-state index in [-0.39, 0.29) is 0 Å². The fourth-order valence-corrected chi connectivity index (χ4v) is 0.968. The third kappa shape index (κ3) is 0.826. The van der Waals surface area contributed by atoms with Gasteiger partial charge >= 0.3 is 57.3 Å². The normalized spacial score (nSPS) is 9.75. The molecule has 0 amide bonds. The second-order valence-corrected chi connectivity index (χ2v) is 2.81. The van der Waals surface area contributed by atoms with E-state index in [9.17, 15) is 0 Å². The Morgan fingerprint density at radius 1 is 1.75 bits per heavy atom. The molecule has 0 aliphatic carbocycles. The van der Waals surface area contributed by atoms with Crippen LogP contribution in [-0.4, -0.2) is 9.72 Å². The number of rotatable bonds is 0. The molecule has 3 nitrogen and oxygen atoms in total. The number of nitrogens with zero attached hydrogens (tertiary/aromatic N) is 2. The topological polar surface area (TPSA) is 31.0 Å². The van der Waals surface area contributed by atoms with Crippen molar-refractivity contribution in [2.24, 2.45) is 7.05 Å². The summed E-state index contributed by atoms with van der Waals surface area (Å²) < 4.78 is 7.69. The summed E-state index contributed by atoms with van der Waals surface area (Å²) >= 11 is 1.31. The molecule has 0 aliphatic heterocycles. The quantitative estimate of drug-likeness (QED) is 0.689. The van der Waals surface area contributed by atoms with Crippen molar-refractivity contribution < 1.29 is 23.9 Å². The fraction of sp³-hybridized carbons (Fsp3) is 0.500. The van der Waals surface area contributed by atoms with E-state index in [0.29, 0.717) is 0 Å². The van der Waals surface area contributed by atoms with Crippen molar-refractivity contribution in [3.05, 3.63) is 9.70 Å². The third-order valence-electron chi connectivity index (χ3n) is 1.02. The van der Waals surface area contributed by atoms with Gasteiger partial charge in [-0.25, -0.2) is 0 Å². The fourth-order valence-electron chi connectivity index (χ4n) is 0.360. The monoisotopic (exact) mass is 282 g/mol. The second kappa shape index (κ2) is 1.98. The van der Waals surface area contributed by atoms with Crippen LogP contribution in [0.5, 0.6) is 0 Å². The van der Waals surface area contributed by atoms with Crippen molar-refractivity contribution in [3.63, 3.8) is 0 Å². The van der Waals surface area contributed by atoms with Crippen LogP contribution in [0.3, 0.4) is 0 Å². The number of aryl methyl sites for hydroxylation is 1. The molecule has 0 saturated heterocycles. The van der Waals surface area contributed by atoms with Crippen molar-refractivity contribution in [2.45, 2.75) is 6.92 Å². The Morgan fingerprint density at radius 2 is 2.38 bits per heavy atom. The van der Waals surface area contributed by atoms with Gasteiger partial charge in [-0.1, -0.05) is 0 Å². The summed E-state index contributed by atoms with van der Waals surface area (Å²) in [6.07, 6.45) is 0. The maximum absolute atomic E-state index is 4.84. The molecule has 0 aromatic carbocycles. The molecule has 1 aromatic rings. The number of hydrogen-bond donors (Lipinski definition) is 0. The zero-order valence-electron chi connectivity index (χ0n) is 4.71. The Morgan fingerprint density at radius 3 is 2.50 bits per heavy atom. The summed E-state index contributed by atoms with van der Waals surface area (Å²) in [4.78, 5) is 0. The zero-order valence-corrected chi connectivity index (χ0v) is 7.64. The molecule has 0 aliphatic rings. The van der Waals surface area contributed by atoms with Crippen molar-refractivity contribution >= 4 is 0 Å². The summed E-state index contributed by atoms with van der Waals surface area (Å²) in [6.45, 7) is 1.91. The van der Waals surface area contributed by atoms with Gasteiger partial charge in [-0.15, -0.1) is 0 Å². The molecule has 0 fully saturated rings. The standard InChI is InChI=1S/C4H6N2O.W/c1-4-5-7-3-6(4)2;/h1-2H3;. The molecule has 1 aromatic heterocycles. The molecular weight excluding hydrogens is 276 g/mol. The van der Waals surface area contributed by atoms with Gasteiger partial charge in [0.2, 0.25) is 0 Å². The Hall–Kier alpha value is -0.172. The number of aromatic nitrogens is 2. The van der Waals surface area contributed by atoms with E-state index in [4.69, 9.17) is 4.52 Å². The van der Waals surface area contributed by atoms with E-state index in [1.807, 2.05) is 18.5 Å². The molecule has 0 spiro atoms. The van der Waals surface area contributed by atoms with Gasteiger partial charge in [0.25, 0.3) is 0 Å². The maximum atomic E-state index is 4.84. The molecule has 0 radical (unpaired) electrons. The molecule has 44 valence electrons. The van der Waals surface area contributed by atoms with Gasteiger partial charge in [-0.05, 0) is 0 Å². The minimum atomic E-state index is 0.919. The molecule has 8 heavy (non-hydrogen) atoms. The van der Waals surface area contributed by atoms with Crippen LogP contribution in [0.15, 0.2) is 4.52 Å². The van der Waals surface area contributed by atoms with Crippen molar-refractivity contribution in [2.75, 3.05) is 0 Å². The summed E-state index contributed by atoms with van der Waals surface area (Å²) in [7, 11) is 1.94. The predicted molar refractivity (Wildman–Crippen MR) is 23.5 cm³/mol. The van der Waals surface area contributed by atoms with Gasteiger partial charge in [0.05, 0.1) is 0 Å². The SMILES string of the molecule is Cc1no[c](=[W])n1C. The third-order valence-corrected chi connectivity index (χ3v) is 2.27. The molecule has 1 rings (SSSR count). The van der Waals surface area contributed by atoms with Crippen molar-refractivity contribution in [3.8, 4) is 0 Å². The van der Waals surface area contributed by atoms with Crippen LogP contribution >= 0.6 is 0 Å². The zero-order chi connectivity index (χ0) is 6.15. The van der Waals surface area contributed by atoms with E-state index >= 15 is 0 Å². The average molecular weight is 282 g/mol. The van der Waals surface area contributed by atoms with Gasteiger partial charge in [0.15, 0.2) is 0 Å². The van der Waals surface area contributed by atoms with Gasteiger partial charge in [-0.2, -0.15) is 0 Å². The van der Waals surface area contributed by atoms with E-state index in [1.54, 1.807) is 0 Å².